The summed E-state index contributed by atoms with van der Waals surface area (Å²) in [4.78, 5) is 25.7. The summed E-state index contributed by atoms with van der Waals surface area (Å²) in [5.74, 6) is 1.07. The SMILES string of the molecule is CCCn1c2ccccc2c2cnn(CC(=O)NCc3ccc4c(c3)OCO4)c(=O)c21. The quantitative estimate of drug-likeness (QED) is 0.520. The van der Waals surface area contributed by atoms with Crippen molar-refractivity contribution in [3.63, 3.8) is 0 Å². The Morgan fingerprint density at radius 1 is 1.13 bits per heavy atom. The van der Waals surface area contributed by atoms with Gasteiger partial charge in [-0.05, 0) is 30.2 Å². The molecule has 0 saturated heterocycles. The molecule has 31 heavy (non-hydrogen) atoms. The van der Waals surface area contributed by atoms with Gasteiger partial charge in [0.25, 0.3) is 5.56 Å². The molecule has 0 bridgehead atoms. The summed E-state index contributed by atoms with van der Waals surface area (Å²) >= 11 is 0. The Hall–Kier alpha value is -3.81. The number of aromatic nitrogens is 3. The molecular weight excluding hydrogens is 396 g/mol. The molecule has 1 amide bonds. The second-order valence-electron chi connectivity index (χ2n) is 7.50. The maximum Gasteiger partial charge on any atom is 0.291 e. The van der Waals surface area contributed by atoms with Crippen LogP contribution in [0.2, 0.25) is 0 Å². The number of nitrogens with one attached hydrogen (secondary N) is 1. The zero-order chi connectivity index (χ0) is 21.4. The van der Waals surface area contributed by atoms with Crippen LogP contribution in [0, 0.1) is 0 Å². The Kier molecular flexibility index (Phi) is 4.82. The third-order valence-electron chi connectivity index (χ3n) is 5.44. The Balaban J connectivity index is 1.39. The predicted molar refractivity (Wildman–Crippen MR) is 116 cm³/mol. The molecule has 5 rings (SSSR count). The lowest BCUT2D eigenvalue weighted by Gasteiger charge is -2.09. The number of hydrogen-bond donors (Lipinski definition) is 1. The number of ether oxygens (including phenoxy) is 2. The van der Waals surface area contributed by atoms with E-state index in [0.717, 1.165) is 34.8 Å². The Morgan fingerprint density at radius 2 is 1.97 bits per heavy atom. The smallest absolute Gasteiger partial charge is 0.291 e. The van der Waals surface area contributed by atoms with E-state index in [9.17, 15) is 9.59 Å². The molecule has 0 spiro atoms. The van der Waals surface area contributed by atoms with Gasteiger partial charge in [-0.3, -0.25) is 9.59 Å². The molecule has 4 aromatic rings. The Bertz CT molecular complexity index is 1360. The average molecular weight is 418 g/mol. The highest BCUT2D eigenvalue weighted by atomic mass is 16.7. The maximum atomic E-state index is 13.2. The van der Waals surface area contributed by atoms with Crippen molar-refractivity contribution in [2.75, 3.05) is 6.79 Å². The normalized spacial score (nSPS) is 12.5. The summed E-state index contributed by atoms with van der Waals surface area (Å²) < 4.78 is 13.9. The number of carbonyl (C=O) groups is 1. The van der Waals surface area contributed by atoms with E-state index in [4.69, 9.17) is 9.47 Å². The van der Waals surface area contributed by atoms with Gasteiger partial charge in [0.1, 0.15) is 12.1 Å². The molecule has 0 unspecified atom stereocenters. The molecule has 2 aromatic heterocycles. The fourth-order valence-corrected chi connectivity index (χ4v) is 4.01. The van der Waals surface area contributed by atoms with E-state index in [1.54, 1.807) is 6.20 Å². The number of carbonyl (C=O) groups excluding carboxylic acids is 1. The van der Waals surface area contributed by atoms with E-state index in [2.05, 4.69) is 17.3 Å². The average Bonchev–Trinajstić information content (AvgIpc) is 3.37. The maximum absolute atomic E-state index is 13.2. The van der Waals surface area contributed by atoms with Crippen molar-refractivity contribution in [1.29, 1.82) is 0 Å². The zero-order valence-electron chi connectivity index (χ0n) is 17.1. The molecular formula is C23H22N4O4. The van der Waals surface area contributed by atoms with Gasteiger partial charge in [0.15, 0.2) is 11.5 Å². The van der Waals surface area contributed by atoms with Crippen LogP contribution in [-0.2, 0) is 24.4 Å². The molecule has 0 fully saturated rings. The Morgan fingerprint density at radius 3 is 2.84 bits per heavy atom. The van der Waals surface area contributed by atoms with E-state index in [-0.39, 0.29) is 24.8 Å². The second-order valence-corrected chi connectivity index (χ2v) is 7.50. The van der Waals surface area contributed by atoms with Crippen LogP contribution in [0.4, 0.5) is 0 Å². The minimum absolute atomic E-state index is 0.146. The van der Waals surface area contributed by atoms with Gasteiger partial charge >= 0.3 is 0 Å². The summed E-state index contributed by atoms with van der Waals surface area (Å²) in [6.07, 6.45) is 2.57. The molecule has 158 valence electrons. The summed E-state index contributed by atoms with van der Waals surface area (Å²) in [5, 5.41) is 8.91. The number of para-hydroxylation sites is 1. The number of amides is 1. The van der Waals surface area contributed by atoms with Crippen molar-refractivity contribution in [3.8, 4) is 11.5 Å². The molecule has 1 aliphatic rings. The van der Waals surface area contributed by atoms with Gasteiger partial charge in [-0.15, -0.1) is 0 Å². The Labute approximate surface area is 178 Å². The van der Waals surface area contributed by atoms with E-state index < -0.39 is 0 Å². The first-order valence-corrected chi connectivity index (χ1v) is 10.3. The van der Waals surface area contributed by atoms with Gasteiger partial charge in [0.2, 0.25) is 12.7 Å². The lowest BCUT2D eigenvalue weighted by molar-refractivity contribution is -0.122. The minimum Gasteiger partial charge on any atom is -0.454 e. The molecule has 8 nitrogen and oxygen atoms in total. The van der Waals surface area contributed by atoms with E-state index in [1.165, 1.54) is 4.68 Å². The van der Waals surface area contributed by atoms with Crippen LogP contribution < -0.4 is 20.3 Å². The van der Waals surface area contributed by atoms with E-state index >= 15 is 0 Å². The summed E-state index contributed by atoms with van der Waals surface area (Å²) in [5.41, 5.74) is 2.21. The summed E-state index contributed by atoms with van der Waals surface area (Å²) in [6, 6.07) is 13.4. The highest BCUT2D eigenvalue weighted by Gasteiger charge is 2.17. The monoisotopic (exact) mass is 418 g/mol. The molecule has 0 radical (unpaired) electrons. The number of nitrogens with zero attached hydrogens (tertiary/aromatic N) is 3. The van der Waals surface area contributed by atoms with Crippen LogP contribution in [-0.4, -0.2) is 27.0 Å². The molecule has 0 saturated carbocycles. The topological polar surface area (TPSA) is 87.4 Å². The lowest BCUT2D eigenvalue weighted by atomic mass is 10.2. The van der Waals surface area contributed by atoms with Gasteiger partial charge in [0, 0.05) is 29.4 Å². The lowest BCUT2D eigenvalue weighted by Crippen LogP contribution is -2.33. The van der Waals surface area contributed by atoms with Crippen molar-refractivity contribution < 1.29 is 14.3 Å². The van der Waals surface area contributed by atoms with Gasteiger partial charge < -0.3 is 19.4 Å². The largest absolute Gasteiger partial charge is 0.454 e. The van der Waals surface area contributed by atoms with Crippen molar-refractivity contribution in [2.45, 2.75) is 33.0 Å². The van der Waals surface area contributed by atoms with Crippen LogP contribution in [0.3, 0.4) is 0 Å². The van der Waals surface area contributed by atoms with Gasteiger partial charge in [0.05, 0.1) is 6.20 Å². The first-order valence-electron chi connectivity index (χ1n) is 10.3. The number of rotatable bonds is 6. The number of benzene rings is 2. The second kappa shape index (κ2) is 7.79. The summed E-state index contributed by atoms with van der Waals surface area (Å²) in [7, 11) is 0. The third kappa shape index (κ3) is 3.39. The molecule has 0 atom stereocenters. The molecule has 2 aromatic carbocycles. The first kappa shape index (κ1) is 19.2. The van der Waals surface area contributed by atoms with Crippen LogP contribution in [0.1, 0.15) is 18.9 Å². The minimum atomic E-state index is -0.287. The number of hydrogen-bond acceptors (Lipinski definition) is 5. The van der Waals surface area contributed by atoms with Crippen molar-refractivity contribution in [1.82, 2.24) is 19.7 Å². The van der Waals surface area contributed by atoms with Gasteiger partial charge in [-0.2, -0.15) is 5.10 Å². The van der Waals surface area contributed by atoms with Crippen LogP contribution in [0.15, 0.2) is 53.5 Å². The zero-order valence-corrected chi connectivity index (χ0v) is 17.1. The van der Waals surface area contributed by atoms with Crippen LogP contribution in [0.5, 0.6) is 11.5 Å². The number of fused-ring (bicyclic) bond motifs is 4. The fourth-order valence-electron chi connectivity index (χ4n) is 4.01. The van der Waals surface area contributed by atoms with Gasteiger partial charge in [-0.1, -0.05) is 31.2 Å². The number of aryl methyl sites for hydroxylation is 1. The highest BCUT2D eigenvalue weighted by Crippen LogP contribution is 2.32. The molecule has 0 aliphatic carbocycles. The molecule has 1 aliphatic heterocycles. The standard InChI is InChI=1S/C23H22N4O4/c1-2-9-26-18-6-4-3-5-16(18)17-12-25-27(23(29)22(17)26)13-21(28)24-11-15-7-8-19-20(10-15)31-14-30-19/h3-8,10,12H,2,9,11,13-14H2,1H3,(H,24,28). The third-order valence-corrected chi connectivity index (χ3v) is 5.44. The molecule has 1 N–H and O–H groups in total. The molecule has 8 heteroatoms. The fraction of sp³-hybridized carbons (Fsp3) is 0.261. The summed E-state index contributed by atoms with van der Waals surface area (Å²) in [6.45, 7) is 3.18. The first-order chi connectivity index (χ1) is 15.2. The van der Waals surface area contributed by atoms with Gasteiger partial charge in [-0.25, -0.2) is 4.68 Å². The van der Waals surface area contributed by atoms with Crippen LogP contribution >= 0.6 is 0 Å². The van der Waals surface area contributed by atoms with Crippen LogP contribution in [0.25, 0.3) is 21.8 Å². The van der Waals surface area contributed by atoms with Crippen molar-refractivity contribution >= 4 is 27.7 Å². The highest BCUT2D eigenvalue weighted by molar-refractivity contribution is 6.07. The van der Waals surface area contributed by atoms with E-state index in [0.29, 0.717) is 23.6 Å². The molecule has 3 heterocycles. The van der Waals surface area contributed by atoms with Crippen molar-refractivity contribution in [3.05, 3.63) is 64.6 Å². The predicted octanol–water partition coefficient (Wildman–Crippen LogP) is 2.81. The van der Waals surface area contributed by atoms with E-state index in [1.807, 2.05) is 47.0 Å². The van der Waals surface area contributed by atoms with Crippen molar-refractivity contribution in [2.24, 2.45) is 0 Å².